The first-order valence-corrected chi connectivity index (χ1v) is 8.40. The molecule has 1 amide bonds. The van der Waals surface area contributed by atoms with E-state index in [4.69, 9.17) is 4.42 Å². The molecule has 0 aliphatic heterocycles. The number of rotatable bonds is 4. The lowest BCUT2D eigenvalue weighted by molar-refractivity contribution is 0.0943. The molecule has 3 heterocycles. The third kappa shape index (κ3) is 3.21. The second-order valence-corrected chi connectivity index (χ2v) is 6.57. The van der Waals surface area contributed by atoms with Gasteiger partial charge in [-0.2, -0.15) is 0 Å². The van der Waals surface area contributed by atoms with Crippen molar-refractivity contribution in [2.45, 2.75) is 33.7 Å². The minimum Gasteiger partial charge on any atom is -0.466 e. The fourth-order valence-electron chi connectivity index (χ4n) is 2.53. The van der Waals surface area contributed by atoms with E-state index in [0.717, 1.165) is 17.1 Å². The number of aryl methyl sites for hydroxylation is 3. The summed E-state index contributed by atoms with van der Waals surface area (Å²) in [7, 11) is 0. The Morgan fingerprint density at radius 3 is 2.58 bits per heavy atom. The van der Waals surface area contributed by atoms with Gasteiger partial charge in [0.05, 0.1) is 11.7 Å². The molecule has 1 N–H and O–H groups in total. The Balaban J connectivity index is 1.80. The third-order valence-corrected chi connectivity index (χ3v) is 4.81. The topological polar surface area (TPSA) is 80.9 Å². The highest BCUT2D eigenvalue weighted by molar-refractivity contribution is 7.17. The molecule has 0 aliphatic carbocycles. The molecule has 0 saturated heterocycles. The van der Waals surface area contributed by atoms with E-state index in [0.29, 0.717) is 21.4 Å². The molecule has 0 unspecified atom stereocenters. The largest absolute Gasteiger partial charge is 0.466 e. The number of nitrogens with zero attached hydrogens (tertiary/aromatic N) is 3. The van der Waals surface area contributed by atoms with Crippen LogP contribution in [-0.2, 0) is 0 Å². The standard InChI is InChI=1S/C17H18N4O2S/c1-9-8-13(12(4)23-9)10(2)20-16(22)14-11(3)21-17(24-14)15-18-6-5-7-19-15/h5-8,10H,1-4H3,(H,20,22)/t10-/m0/s1. The van der Waals surface area contributed by atoms with E-state index in [-0.39, 0.29) is 11.9 Å². The molecule has 0 saturated carbocycles. The summed E-state index contributed by atoms with van der Waals surface area (Å²) in [5.74, 6) is 2.03. The van der Waals surface area contributed by atoms with Crippen molar-refractivity contribution in [3.8, 4) is 10.8 Å². The Hall–Kier alpha value is -2.54. The summed E-state index contributed by atoms with van der Waals surface area (Å²) in [6.07, 6.45) is 3.32. The molecule has 7 heteroatoms. The van der Waals surface area contributed by atoms with E-state index in [1.54, 1.807) is 18.5 Å². The molecule has 1 atom stereocenters. The summed E-state index contributed by atoms with van der Waals surface area (Å²) in [6, 6.07) is 3.55. The van der Waals surface area contributed by atoms with Crippen LogP contribution in [0.4, 0.5) is 0 Å². The lowest BCUT2D eigenvalue weighted by Gasteiger charge is -2.12. The first kappa shape index (κ1) is 16.3. The van der Waals surface area contributed by atoms with Gasteiger partial charge in [-0.25, -0.2) is 15.0 Å². The molecule has 3 aromatic heterocycles. The molecule has 0 aliphatic rings. The van der Waals surface area contributed by atoms with Crippen LogP contribution in [0.5, 0.6) is 0 Å². The normalized spacial score (nSPS) is 12.2. The highest BCUT2D eigenvalue weighted by Crippen LogP contribution is 2.26. The van der Waals surface area contributed by atoms with Crippen LogP contribution >= 0.6 is 11.3 Å². The average Bonchev–Trinajstić information content (AvgIpc) is 3.10. The number of hydrogen-bond donors (Lipinski definition) is 1. The Kier molecular flexibility index (Phi) is 4.44. The molecule has 0 bridgehead atoms. The summed E-state index contributed by atoms with van der Waals surface area (Å²) < 4.78 is 5.53. The zero-order valence-electron chi connectivity index (χ0n) is 14.0. The van der Waals surface area contributed by atoms with Gasteiger partial charge in [-0.1, -0.05) is 0 Å². The van der Waals surface area contributed by atoms with Gasteiger partial charge in [0.2, 0.25) is 0 Å². The monoisotopic (exact) mass is 342 g/mol. The summed E-state index contributed by atoms with van der Waals surface area (Å²) in [5, 5.41) is 3.64. The molecule has 0 aromatic carbocycles. The molecule has 24 heavy (non-hydrogen) atoms. The van der Waals surface area contributed by atoms with Crippen molar-refractivity contribution in [1.82, 2.24) is 20.3 Å². The Labute approximate surface area is 144 Å². The van der Waals surface area contributed by atoms with Gasteiger partial charge >= 0.3 is 0 Å². The minimum atomic E-state index is -0.155. The molecule has 6 nitrogen and oxygen atoms in total. The summed E-state index contributed by atoms with van der Waals surface area (Å²) >= 11 is 1.30. The van der Waals surface area contributed by atoms with Crippen molar-refractivity contribution >= 4 is 17.2 Å². The fourth-order valence-corrected chi connectivity index (χ4v) is 3.45. The highest BCUT2D eigenvalue weighted by Gasteiger charge is 2.21. The first-order valence-electron chi connectivity index (χ1n) is 7.58. The number of hydrogen-bond acceptors (Lipinski definition) is 6. The van der Waals surface area contributed by atoms with Crippen molar-refractivity contribution in [2.24, 2.45) is 0 Å². The SMILES string of the molecule is Cc1cc([C@H](C)NC(=O)c2sc(-c3ncccn3)nc2C)c(C)o1. The zero-order valence-corrected chi connectivity index (χ0v) is 14.8. The van der Waals surface area contributed by atoms with Gasteiger partial charge < -0.3 is 9.73 Å². The van der Waals surface area contributed by atoms with Crippen molar-refractivity contribution in [3.63, 3.8) is 0 Å². The number of thiazole rings is 1. The maximum absolute atomic E-state index is 12.6. The van der Waals surface area contributed by atoms with Crippen LogP contribution < -0.4 is 5.32 Å². The van der Waals surface area contributed by atoms with Crippen LogP contribution in [0.1, 0.15) is 45.4 Å². The molecule has 0 fully saturated rings. The maximum Gasteiger partial charge on any atom is 0.263 e. The molecule has 0 radical (unpaired) electrons. The minimum absolute atomic E-state index is 0.145. The van der Waals surface area contributed by atoms with E-state index >= 15 is 0 Å². The lowest BCUT2D eigenvalue weighted by Crippen LogP contribution is -2.26. The van der Waals surface area contributed by atoms with Gasteiger partial charge in [-0.15, -0.1) is 11.3 Å². The number of carbonyl (C=O) groups is 1. The quantitative estimate of drug-likeness (QED) is 0.783. The maximum atomic E-state index is 12.6. The second-order valence-electron chi connectivity index (χ2n) is 5.57. The first-order chi connectivity index (χ1) is 11.5. The lowest BCUT2D eigenvalue weighted by atomic mass is 10.1. The zero-order chi connectivity index (χ0) is 17.3. The average molecular weight is 342 g/mol. The van der Waals surface area contributed by atoms with Gasteiger partial charge in [-0.05, 0) is 39.8 Å². The van der Waals surface area contributed by atoms with Gasteiger partial charge in [0.1, 0.15) is 16.4 Å². The smallest absolute Gasteiger partial charge is 0.263 e. The van der Waals surface area contributed by atoms with Crippen molar-refractivity contribution in [3.05, 3.63) is 52.2 Å². The molecule has 124 valence electrons. The Morgan fingerprint density at radius 2 is 1.96 bits per heavy atom. The molecule has 3 rings (SSSR count). The summed E-state index contributed by atoms with van der Waals surface area (Å²) in [5.41, 5.74) is 1.65. The van der Waals surface area contributed by atoms with Gasteiger partial charge in [-0.3, -0.25) is 4.79 Å². The molecular weight excluding hydrogens is 324 g/mol. The van der Waals surface area contributed by atoms with E-state index < -0.39 is 0 Å². The predicted molar refractivity (Wildman–Crippen MR) is 91.9 cm³/mol. The van der Waals surface area contributed by atoms with Crippen LogP contribution in [0, 0.1) is 20.8 Å². The Morgan fingerprint density at radius 1 is 1.25 bits per heavy atom. The van der Waals surface area contributed by atoms with Gasteiger partial charge in [0, 0.05) is 18.0 Å². The van der Waals surface area contributed by atoms with E-state index in [9.17, 15) is 4.79 Å². The van der Waals surface area contributed by atoms with Crippen LogP contribution in [0.15, 0.2) is 28.9 Å². The van der Waals surface area contributed by atoms with E-state index in [1.807, 2.05) is 33.8 Å². The second kappa shape index (κ2) is 6.52. The molecular formula is C17H18N4O2S. The van der Waals surface area contributed by atoms with Crippen LogP contribution in [0.3, 0.4) is 0 Å². The summed E-state index contributed by atoms with van der Waals surface area (Å²) in [4.78, 5) is 25.9. The van der Waals surface area contributed by atoms with Crippen molar-refractivity contribution in [2.75, 3.05) is 0 Å². The predicted octanol–water partition coefficient (Wildman–Crippen LogP) is 3.61. The van der Waals surface area contributed by atoms with Crippen molar-refractivity contribution < 1.29 is 9.21 Å². The number of furan rings is 1. The van der Waals surface area contributed by atoms with Crippen LogP contribution in [0.25, 0.3) is 10.8 Å². The van der Waals surface area contributed by atoms with Crippen LogP contribution in [-0.4, -0.2) is 20.9 Å². The number of amides is 1. The number of aromatic nitrogens is 3. The van der Waals surface area contributed by atoms with Gasteiger partial charge in [0.25, 0.3) is 5.91 Å². The van der Waals surface area contributed by atoms with Crippen molar-refractivity contribution in [1.29, 1.82) is 0 Å². The molecule has 0 spiro atoms. The highest BCUT2D eigenvalue weighted by atomic mass is 32.1. The Bertz CT molecular complexity index is 870. The van der Waals surface area contributed by atoms with Gasteiger partial charge in [0.15, 0.2) is 10.8 Å². The third-order valence-electron chi connectivity index (χ3n) is 3.65. The molecule has 3 aromatic rings. The number of nitrogens with one attached hydrogen (secondary N) is 1. The van der Waals surface area contributed by atoms with E-state index in [1.165, 1.54) is 11.3 Å². The fraction of sp³-hybridized carbons (Fsp3) is 0.294. The summed E-state index contributed by atoms with van der Waals surface area (Å²) in [6.45, 7) is 7.54. The van der Waals surface area contributed by atoms with E-state index in [2.05, 4.69) is 20.3 Å². The van der Waals surface area contributed by atoms with Crippen LogP contribution in [0.2, 0.25) is 0 Å². The number of carbonyl (C=O) groups excluding carboxylic acids is 1.